The first kappa shape index (κ1) is 10.3. The summed E-state index contributed by atoms with van der Waals surface area (Å²) in [5, 5.41) is 0. The van der Waals surface area contributed by atoms with Crippen molar-refractivity contribution in [3.05, 3.63) is 0 Å². The Balaban J connectivity index is 3.47. The van der Waals surface area contributed by atoms with Gasteiger partial charge < -0.3 is 0 Å². The van der Waals surface area contributed by atoms with Gasteiger partial charge in [0.25, 0.3) is 0 Å². The minimum absolute atomic E-state index is 0.310. The Kier molecular flexibility index (Phi) is 4.92. The molecule has 0 rings (SSSR count). The van der Waals surface area contributed by atoms with E-state index in [9.17, 15) is 0 Å². The first-order chi connectivity index (χ1) is 3.95. The van der Waals surface area contributed by atoms with Crippen LogP contribution in [0.3, 0.4) is 0 Å². The summed E-state index contributed by atoms with van der Waals surface area (Å²) in [5.74, 6) is 0. The van der Waals surface area contributed by atoms with E-state index in [1.54, 1.807) is 0 Å². The lowest BCUT2D eigenvalue weighted by Crippen LogP contribution is -2.09. The first-order valence-electron chi connectivity index (χ1n) is 2.66. The van der Waals surface area contributed by atoms with Crippen molar-refractivity contribution in [2.75, 3.05) is 0 Å². The number of hydrogen-bond acceptors (Lipinski definition) is 0. The lowest BCUT2D eigenvalue weighted by atomic mass is 10.3. The van der Waals surface area contributed by atoms with Gasteiger partial charge in [-0.05, 0) is 6.42 Å². The summed E-state index contributed by atoms with van der Waals surface area (Å²) in [7, 11) is 0. The van der Waals surface area contributed by atoms with E-state index in [-0.39, 0.29) is 0 Å². The first-order valence-corrected chi connectivity index (χ1v) is 4.71. The predicted molar refractivity (Wildman–Crippen MR) is 47.9 cm³/mol. The second-order valence-corrected chi connectivity index (χ2v) is 5.64. The third-order valence-electron chi connectivity index (χ3n) is 0.896. The van der Waals surface area contributed by atoms with Gasteiger partial charge in [0.2, 0.25) is 0 Å². The van der Waals surface area contributed by atoms with Crippen LogP contribution in [0.15, 0.2) is 0 Å². The van der Waals surface area contributed by atoms with Gasteiger partial charge in [0.1, 0.15) is 0 Å². The minimum Gasteiger partial charge on any atom is -0.0889 e. The molecule has 1 atom stereocenters. The maximum atomic E-state index is 5.51. The molecule has 0 aromatic rings. The standard InChI is InChI=1S/C5H8BrCl3/c1-2-4(6)3-5(7,8)9/h4H,2-3H2,1H3. The molecule has 0 saturated carbocycles. The van der Waals surface area contributed by atoms with Crippen molar-refractivity contribution < 1.29 is 0 Å². The Labute approximate surface area is 79.0 Å². The molecule has 0 nitrogen and oxygen atoms in total. The minimum atomic E-state index is -1.11. The molecule has 0 heterocycles. The van der Waals surface area contributed by atoms with Crippen LogP contribution in [0.5, 0.6) is 0 Å². The van der Waals surface area contributed by atoms with E-state index in [1.807, 2.05) is 6.92 Å². The molecular formula is C5H8BrCl3. The second-order valence-electron chi connectivity index (χ2n) is 1.82. The predicted octanol–water partition coefficient (Wildman–Crippen LogP) is 3.92. The zero-order chi connectivity index (χ0) is 7.49. The van der Waals surface area contributed by atoms with Crippen LogP contribution in [0.2, 0.25) is 0 Å². The van der Waals surface area contributed by atoms with Crippen LogP contribution < -0.4 is 0 Å². The Morgan fingerprint density at radius 1 is 1.44 bits per heavy atom. The highest BCUT2D eigenvalue weighted by molar-refractivity contribution is 9.09. The molecule has 0 fully saturated rings. The molecule has 0 N–H and O–H groups in total. The summed E-state index contributed by atoms with van der Waals surface area (Å²) in [6.07, 6.45) is 1.54. The molecule has 0 spiro atoms. The van der Waals surface area contributed by atoms with Gasteiger partial charge in [0.15, 0.2) is 3.79 Å². The topological polar surface area (TPSA) is 0 Å². The van der Waals surface area contributed by atoms with Crippen molar-refractivity contribution in [3.63, 3.8) is 0 Å². The summed E-state index contributed by atoms with van der Waals surface area (Å²) in [4.78, 5) is 0.310. The third kappa shape index (κ3) is 7.24. The summed E-state index contributed by atoms with van der Waals surface area (Å²) < 4.78 is -1.11. The average Bonchev–Trinajstić information content (AvgIpc) is 1.62. The van der Waals surface area contributed by atoms with E-state index in [1.165, 1.54) is 0 Å². The fourth-order valence-electron chi connectivity index (χ4n) is 0.395. The molecule has 0 radical (unpaired) electrons. The van der Waals surface area contributed by atoms with Gasteiger partial charge in [0, 0.05) is 11.2 Å². The average molecular weight is 254 g/mol. The molecule has 0 amide bonds. The lowest BCUT2D eigenvalue weighted by Gasteiger charge is -2.13. The highest BCUT2D eigenvalue weighted by Gasteiger charge is 2.22. The molecule has 0 aromatic carbocycles. The smallest absolute Gasteiger partial charge is 0.0889 e. The quantitative estimate of drug-likeness (QED) is 0.655. The van der Waals surface area contributed by atoms with E-state index >= 15 is 0 Å². The molecule has 0 saturated heterocycles. The van der Waals surface area contributed by atoms with Crippen LogP contribution in [-0.4, -0.2) is 8.62 Å². The Morgan fingerprint density at radius 2 is 1.89 bits per heavy atom. The molecule has 0 aromatic heterocycles. The monoisotopic (exact) mass is 252 g/mol. The summed E-state index contributed by atoms with van der Waals surface area (Å²) in [6.45, 7) is 2.04. The molecule has 4 heteroatoms. The van der Waals surface area contributed by atoms with Crippen molar-refractivity contribution in [2.24, 2.45) is 0 Å². The zero-order valence-corrected chi connectivity index (χ0v) is 8.86. The molecule has 1 unspecified atom stereocenters. The fraction of sp³-hybridized carbons (Fsp3) is 1.00. The molecule has 0 aliphatic rings. The van der Waals surface area contributed by atoms with E-state index < -0.39 is 3.79 Å². The Morgan fingerprint density at radius 3 is 2.00 bits per heavy atom. The van der Waals surface area contributed by atoms with E-state index in [2.05, 4.69) is 15.9 Å². The fourth-order valence-corrected chi connectivity index (χ4v) is 2.00. The molecule has 9 heavy (non-hydrogen) atoms. The van der Waals surface area contributed by atoms with Crippen molar-refractivity contribution in [1.29, 1.82) is 0 Å². The van der Waals surface area contributed by atoms with Crippen LogP contribution in [0, 0.1) is 0 Å². The van der Waals surface area contributed by atoms with Gasteiger partial charge in [-0.1, -0.05) is 57.7 Å². The number of rotatable bonds is 2. The van der Waals surface area contributed by atoms with E-state index in [0.717, 1.165) is 6.42 Å². The summed E-state index contributed by atoms with van der Waals surface area (Å²) >= 11 is 19.9. The molecule has 0 aliphatic heterocycles. The normalized spacial score (nSPS) is 15.7. The largest absolute Gasteiger partial charge is 0.191 e. The summed E-state index contributed by atoms with van der Waals surface area (Å²) in [6, 6.07) is 0. The number of alkyl halides is 4. The van der Waals surface area contributed by atoms with Crippen molar-refractivity contribution in [1.82, 2.24) is 0 Å². The van der Waals surface area contributed by atoms with Gasteiger partial charge in [0.05, 0.1) is 0 Å². The van der Waals surface area contributed by atoms with E-state index in [4.69, 9.17) is 34.8 Å². The van der Waals surface area contributed by atoms with Crippen LogP contribution in [0.1, 0.15) is 19.8 Å². The van der Waals surface area contributed by atoms with Crippen LogP contribution in [-0.2, 0) is 0 Å². The van der Waals surface area contributed by atoms with Crippen molar-refractivity contribution >= 4 is 50.7 Å². The van der Waals surface area contributed by atoms with Crippen LogP contribution in [0.4, 0.5) is 0 Å². The van der Waals surface area contributed by atoms with Crippen LogP contribution >= 0.6 is 50.7 Å². The molecule has 0 bridgehead atoms. The maximum Gasteiger partial charge on any atom is 0.191 e. The Bertz CT molecular complexity index is 78.8. The molecule has 56 valence electrons. The van der Waals surface area contributed by atoms with Crippen molar-refractivity contribution in [3.8, 4) is 0 Å². The number of hydrogen-bond donors (Lipinski definition) is 0. The Hall–Kier alpha value is 1.35. The molecule has 0 aliphatic carbocycles. The van der Waals surface area contributed by atoms with Gasteiger partial charge in [-0.25, -0.2) is 0 Å². The van der Waals surface area contributed by atoms with Crippen molar-refractivity contribution in [2.45, 2.75) is 28.4 Å². The SMILES string of the molecule is CCC(Br)CC(Cl)(Cl)Cl. The lowest BCUT2D eigenvalue weighted by molar-refractivity contribution is 0.764. The van der Waals surface area contributed by atoms with E-state index in [0.29, 0.717) is 11.2 Å². The van der Waals surface area contributed by atoms with Gasteiger partial charge >= 0.3 is 0 Å². The summed E-state index contributed by atoms with van der Waals surface area (Å²) in [5.41, 5.74) is 0. The molecular weight excluding hydrogens is 246 g/mol. The van der Waals surface area contributed by atoms with Gasteiger partial charge in [-0.15, -0.1) is 0 Å². The van der Waals surface area contributed by atoms with Gasteiger partial charge in [-0.2, -0.15) is 0 Å². The van der Waals surface area contributed by atoms with Crippen LogP contribution in [0.25, 0.3) is 0 Å². The van der Waals surface area contributed by atoms with Gasteiger partial charge in [-0.3, -0.25) is 0 Å². The zero-order valence-electron chi connectivity index (χ0n) is 5.00. The second kappa shape index (κ2) is 4.27. The maximum absolute atomic E-state index is 5.51. The highest BCUT2D eigenvalue weighted by atomic mass is 79.9. The highest BCUT2D eigenvalue weighted by Crippen LogP contribution is 2.34. The third-order valence-corrected chi connectivity index (χ3v) is 2.33. The number of halogens is 4.